The molecule has 10 heavy (non-hydrogen) atoms. The zero-order valence-electron chi connectivity index (χ0n) is 6.43. The smallest absolute Gasteiger partial charge is 0.00294 e. The molecule has 1 aliphatic rings. The van der Waals surface area contributed by atoms with Gasteiger partial charge in [-0.1, -0.05) is 29.8 Å². The van der Waals surface area contributed by atoms with Crippen molar-refractivity contribution in [2.75, 3.05) is 5.75 Å². The van der Waals surface area contributed by atoms with E-state index in [0.29, 0.717) is 0 Å². The maximum absolute atomic E-state index is 6.35. The molecule has 0 nitrogen and oxygen atoms in total. The van der Waals surface area contributed by atoms with Crippen LogP contribution in [0.5, 0.6) is 0 Å². The van der Waals surface area contributed by atoms with Crippen molar-refractivity contribution in [1.29, 1.82) is 0 Å². The van der Waals surface area contributed by atoms with Gasteiger partial charge in [-0.15, -0.1) is 9.24 Å². The third-order valence-electron chi connectivity index (χ3n) is 1.66. The fourth-order valence-electron chi connectivity index (χ4n) is 1.05. The van der Waals surface area contributed by atoms with Gasteiger partial charge >= 0.3 is 0 Å². The van der Waals surface area contributed by atoms with Gasteiger partial charge in [0.1, 0.15) is 0 Å². The first-order valence-corrected chi connectivity index (χ1v) is 6.24. The molecule has 0 amide bonds. The Kier molecular flexibility index (Phi) is 2.48. The molecule has 1 heterocycles. The second kappa shape index (κ2) is 3.02. The van der Waals surface area contributed by atoms with Crippen molar-refractivity contribution in [3.8, 4) is 0 Å². The molecule has 1 aliphatic heterocycles. The summed E-state index contributed by atoms with van der Waals surface area (Å²) in [6.07, 6.45) is 5.37. The lowest BCUT2D eigenvalue weighted by Gasteiger charge is -2.26. The molecule has 0 N–H and O–H groups in total. The highest BCUT2D eigenvalue weighted by Gasteiger charge is 2.21. The van der Waals surface area contributed by atoms with Gasteiger partial charge in [0.15, 0.2) is 0 Å². The molecule has 2 heteroatoms. The molecule has 0 saturated heterocycles. The van der Waals surface area contributed by atoms with Crippen molar-refractivity contribution < 1.29 is 0 Å². The summed E-state index contributed by atoms with van der Waals surface area (Å²) in [4.78, 5) is 1.36. The molecule has 0 spiro atoms. The van der Waals surface area contributed by atoms with E-state index in [4.69, 9.17) is 10.7 Å². The first-order chi connectivity index (χ1) is 4.69. The predicted octanol–water partition coefficient (Wildman–Crippen LogP) is 3.79. The van der Waals surface area contributed by atoms with Crippen LogP contribution in [0.25, 0.3) is 0 Å². The first-order valence-electron chi connectivity index (χ1n) is 3.55. The Hall–Kier alpha value is 0.120. The average molecular weight is 177 g/mol. The molecule has 1 atom stereocenters. The summed E-state index contributed by atoms with van der Waals surface area (Å²) in [6, 6.07) is 0. The van der Waals surface area contributed by atoms with Crippen LogP contribution in [0.3, 0.4) is 0 Å². The van der Waals surface area contributed by atoms with E-state index in [9.17, 15) is 0 Å². The van der Waals surface area contributed by atoms with Crippen LogP contribution in [0, 0.1) is 0 Å². The fourth-order valence-corrected chi connectivity index (χ4v) is 3.74. The summed E-state index contributed by atoms with van der Waals surface area (Å²) in [5.74, 6) is 1.13. The van der Waals surface area contributed by atoms with Gasteiger partial charge in [0, 0.05) is 0 Å². The molecule has 0 fully saturated rings. The summed E-state index contributed by atoms with van der Waals surface area (Å²) < 4.78 is 0. The van der Waals surface area contributed by atoms with Gasteiger partial charge in [-0.3, -0.25) is 0 Å². The van der Waals surface area contributed by atoms with Crippen molar-refractivity contribution in [3.05, 3.63) is 22.5 Å². The molecule has 58 valence electrons. The van der Waals surface area contributed by atoms with Gasteiger partial charge in [-0.2, -0.15) is 0 Å². The van der Waals surface area contributed by atoms with Crippen LogP contribution in [0.1, 0.15) is 20.3 Å². The number of hydrogen-bond acceptors (Lipinski definition) is 0. The number of allylic oxidation sites excluding steroid dienone is 3. The van der Waals surface area contributed by atoms with E-state index in [0.717, 1.165) is 5.75 Å². The van der Waals surface area contributed by atoms with Gasteiger partial charge in [-0.25, -0.2) is 0 Å². The minimum atomic E-state index is -0.980. The van der Waals surface area contributed by atoms with Crippen LogP contribution in [-0.2, 0) is 0 Å². The van der Waals surface area contributed by atoms with Gasteiger partial charge in [0.2, 0.25) is 0 Å². The Bertz CT molecular complexity index is 184. The number of rotatable bonds is 2. The van der Waals surface area contributed by atoms with Gasteiger partial charge in [-0.05, 0) is 29.4 Å². The largest absolute Gasteiger partial charge is 0.119 e. The lowest BCUT2D eigenvalue weighted by Crippen LogP contribution is -1.91. The highest BCUT2D eigenvalue weighted by molar-refractivity contribution is 8.55. The molecule has 0 saturated carbocycles. The highest BCUT2D eigenvalue weighted by Crippen LogP contribution is 2.63. The van der Waals surface area contributed by atoms with Crippen molar-refractivity contribution in [1.82, 2.24) is 0 Å². The Morgan fingerprint density at radius 3 is 2.70 bits per heavy atom. The highest BCUT2D eigenvalue weighted by atomic mass is 35.7. The molecule has 0 bridgehead atoms. The van der Waals surface area contributed by atoms with E-state index in [1.54, 1.807) is 0 Å². The summed E-state index contributed by atoms with van der Waals surface area (Å²) in [5, 5.41) is 2.16. The van der Waals surface area contributed by atoms with Crippen LogP contribution in [-0.4, -0.2) is 5.75 Å². The lowest BCUT2D eigenvalue weighted by atomic mass is 10.5. The minimum Gasteiger partial charge on any atom is -0.119 e. The molecule has 0 aromatic rings. The topological polar surface area (TPSA) is 0 Å². The molecule has 0 aliphatic carbocycles. The minimum absolute atomic E-state index is 0.980. The van der Waals surface area contributed by atoms with Gasteiger partial charge in [0.05, 0.1) is 0 Å². The zero-order valence-corrected chi connectivity index (χ0v) is 8.00. The molecule has 0 aromatic heterocycles. The second-order valence-electron chi connectivity index (χ2n) is 2.51. The van der Waals surface area contributed by atoms with E-state index in [2.05, 4.69) is 31.4 Å². The third-order valence-corrected chi connectivity index (χ3v) is 5.96. The Labute approximate surface area is 68.8 Å². The molecule has 1 unspecified atom stereocenters. The van der Waals surface area contributed by atoms with Crippen molar-refractivity contribution >= 4 is 19.9 Å². The quantitative estimate of drug-likeness (QED) is 0.601. The van der Waals surface area contributed by atoms with E-state index < -0.39 is 9.24 Å². The van der Waals surface area contributed by atoms with Crippen molar-refractivity contribution in [3.63, 3.8) is 0 Å². The summed E-state index contributed by atoms with van der Waals surface area (Å²) in [5.41, 5.74) is 0. The average Bonchev–Trinajstić information content (AvgIpc) is 2.15. The lowest BCUT2D eigenvalue weighted by molar-refractivity contribution is 1.10. The van der Waals surface area contributed by atoms with E-state index >= 15 is 0 Å². The maximum atomic E-state index is 6.35. The van der Waals surface area contributed by atoms with Crippen LogP contribution in [0.2, 0.25) is 0 Å². The number of halogens is 1. The first kappa shape index (κ1) is 8.22. The third kappa shape index (κ3) is 1.40. The monoisotopic (exact) mass is 176 g/mol. The Morgan fingerprint density at radius 2 is 2.30 bits per heavy atom. The zero-order chi connectivity index (χ0) is 7.61. The molecule has 0 aromatic carbocycles. The van der Waals surface area contributed by atoms with Crippen molar-refractivity contribution in [2.24, 2.45) is 0 Å². The maximum Gasteiger partial charge on any atom is -0.00294 e. The van der Waals surface area contributed by atoms with E-state index in [1.165, 1.54) is 11.3 Å². The SMILES string of the molecule is CCCS1(Cl)C=CC=C1C. The molecular weight excluding hydrogens is 164 g/mol. The second-order valence-corrected chi connectivity index (χ2v) is 6.90. The van der Waals surface area contributed by atoms with Crippen LogP contribution in [0.4, 0.5) is 0 Å². The van der Waals surface area contributed by atoms with E-state index in [-0.39, 0.29) is 0 Å². The normalized spacial score (nSPS) is 37.3. The van der Waals surface area contributed by atoms with Gasteiger partial charge in [0.25, 0.3) is 0 Å². The standard InChI is InChI=1S/C8H13ClS/c1-3-6-10(9)7-4-5-8(10)2/h4-5,7H,3,6H2,1-2H3. The summed E-state index contributed by atoms with van der Waals surface area (Å²) in [6.45, 7) is 4.30. The Morgan fingerprint density at radius 1 is 1.60 bits per heavy atom. The summed E-state index contributed by atoms with van der Waals surface area (Å²) >= 11 is 0. The number of hydrogen-bond donors (Lipinski definition) is 0. The predicted molar refractivity (Wildman–Crippen MR) is 51.5 cm³/mol. The Balaban J connectivity index is 2.69. The molecule has 1 rings (SSSR count). The van der Waals surface area contributed by atoms with Crippen LogP contribution >= 0.6 is 19.9 Å². The van der Waals surface area contributed by atoms with Crippen molar-refractivity contribution in [2.45, 2.75) is 20.3 Å². The molecule has 0 radical (unpaired) electrons. The van der Waals surface area contributed by atoms with Gasteiger partial charge < -0.3 is 0 Å². The summed E-state index contributed by atoms with van der Waals surface area (Å²) in [7, 11) is 5.37. The fraction of sp³-hybridized carbons (Fsp3) is 0.500. The van der Waals surface area contributed by atoms with E-state index in [1.807, 2.05) is 0 Å². The van der Waals surface area contributed by atoms with Crippen LogP contribution < -0.4 is 0 Å². The molecular formula is C8H13ClS. The van der Waals surface area contributed by atoms with Crippen LogP contribution in [0.15, 0.2) is 22.5 Å².